The molecule has 1 aliphatic rings. The molecule has 0 amide bonds. The molecule has 17 heavy (non-hydrogen) atoms. The number of nitrogens with two attached hydrogens (primary N) is 1. The third-order valence-corrected chi connectivity index (χ3v) is 3.67. The summed E-state index contributed by atoms with van der Waals surface area (Å²) in [5.74, 6) is 0. The SMILES string of the molecule is CC1(CNc2ccc3cnccc3c2N)CC1. The lowest BCUT2D eigenvalue weighted by atomic mass is 10.1. The summed E-state index contributed by atoms with van der Waals surface area (Å²) >= 11 is 0. The largest absolute Gasteiger partial charge is 0.397 e. The highest BCUT2D eigenvalue weighted by Crippen LogP contribution is 2.45. The first-order valence-corrected chi connectivity index (χ1v) is 6.04. The number of fused-ring (bicyclic) bond motifs is 1. The van der Waals surface area contributed by atoms with Gasteiger partial charge in [0.1, 0.15) is 0 Å². The fraction of sp³-hybridized carbons (Fsp3) is 0.357. The highest BCUT2D eigenvalue weighted by atomic mass is 14.9. The van der Waals surface area contributed by atoms with Crippen molar-refractivity contribution in [3.05, 3.63) is 30.6 Å². The second kappa shape index (κ2) is 3.62. The number of pyridine rings is 1. The normalized spacial score (nSPS) is 17.0. The Bertz CT molecular complexity index is 558. The van der Waals surface area contributed by atoms with E-state index in [1.165, 1.54) is 12.8 Å². The van der Waals surface area contributed by atoms with Gasteiger partial charge in [0.25, 0.3) is 0 Å². The smallest absolute Gasteiger partial charge is 0.0630 e. The van der Waals surface area contributed by atoms with Crippen molar-refractivity contribution in [2.75, 3.05) is 17.6 Å². The predicted molar refractivity (Wildman–Crippen MR) is 72.0 cm³/mol. The number of nitrogens with zero attached hydrogens (tertiary/aromatic N) is 1. The molecule has 0 spiro atoms. The molecule has 0 bridgehead atoms. The van der Waals surface area contributed by atoms with Gasteiger partial charge >= 0.3 is 0 Å². The van der Waals surface area contributed by atoms with Crippen LogP contribution >= 0.6 is 0 Å². The van der Waals surface area contributed by atoms with Gasteiger partial charge in [-0.2, -0.15) is 0 Å². The van der Waals surface area contributed by atoms with Gasteiger partial charge in [0.15, 0.2) is 0 Å². The molecule has 1 saturated carbocycles. The van der Waals surface area contributed by atoms with Crippen molar-refractivity contribution in [2.24, 2.45) is 5.41 Å². The van der Waals surface area contributed by atoms with Gasteiger partial charge in [-0.1, -0.05) is 13.0 Å². The molecule has 1 fully saturated rings. The van der Waals surface area contributed by atoms with E-state index in [9.17, 15) is 0 Å². The maximum Gasteiger partial charge on any atom is 0.0630 e. The lowest BCUT2D eigenvalue weighted by molar-refractivity contribution is 0.611. The molecule has 3 N–H and O–H groups in total. The van der Waals surface area contributed by atoms with Crippen molar-refractivity contribution in [3.8, 4) is 0 Å². The van der Waals surface area contributed by atoms with Gasteiger partial charge in [0.2, 0.25) is 0 Å². The summed E-state index contributed by atoms with van der Waals surface area (Å²) in [5.41, 5.74) is 8.53. The van der Waals surface area contributed by atoms with E-state index in [0.717, 1.165) is 28.7 Å². The minimum Gasteiger partial charge on any atom is -0.397 e. The Hall–Kier alpha value is -1.77. The monoisotopic (exact) mass is 227 g/mol. The molecule has 0 atom stereocenters. The van der Waals surface area contributed by atoms with E-state index in [4.69, 9.17) is 5.73 Å². The van der Waals surface area contributed by atoms with Crippen LogP contribution in [0.5, 0.6) is 0 Å². The van der Waals surface area contributed by atoms with Gasteiger partial charge in [-0.15, -0.1) is 0 Å². The molecule has 0 saturated heterocycles. The van der Waals surface area contributed by atoms with Crippen LogP contribution in [-0.2, 0) is 0 Å². The zero-order chi connectivity index (χ0) is 11.9. The summed E-state index contributed by atoms with van der Waals surface area (Å²) in [6.07, 6.45) is 6.26. The van der Waals surface area contributed by atoms with Crippen LogP contribution in [0, 0.1) is 5.41 Å². The summed E-state index contributed by atoms with van der Waals surface area (Å²) < 4.78 is 0. The van der Waals surface area contributed by atoms with Gasteiger partial charge in [-0.3, -0.25) is 4.98 Å². The molecule has 3 rings (SSSR count). The molecule has 1 aliphatic carbocycles. The molecule has 3 nitrogen and oxygen atoms in total. The maximum absolute atomic E-state index is 6.18. The predicted octanol–water partition coefficient (Wildman–Crippen LogP) is 3.03. The van der Waals surface area contributed by atoms with E-state index in [1.54, 1.807) is 6.20 Å². The molecular weight excluding hydrogens is 210 g/mol. The Labute approximate surface area is 101 Å². The number of rotatable bonds is 3. The Morgan fingerprint density at radius 1 is 1.35 bits per heavy atom. The van der Waals surface area contributed by atoms with E-state index < -0.39 is 0 Å². The quantitative estimate of drug-likeness (QED) is 0.792. The maximum atomic E-state index is 6.18. The van der Waals surface area contributed by atoms with Gasteiger partial charge in [0.05, 0.1) is 11.4 Å². The van der Waals surface area contributed by atoms with E-state index in [2.05, 4.69) is 23.3 Å². The number of hydrogen-bond acceptors (Lipinski definition) is 3. The third kappa shape index (κ3) is 1.93. The van der Waals surface area contributed by atoms with E-state index in [0.29, 0.717) is 5.41 Å². The molecule has 88 valence electrons. The van der Waals surface area contributed by atoms with E-state index in [1.807, 2.05) is 18.3 Å². The van der Waals surface area contributed by atoms with Gasteiger partial charge < -0.3 is 11.1 Å². The van der Waals surface area contributed by atoms with Crippen LogP contribution in [0.25, 0.3) is 10.8 Å². The van der Waals surface area contributed by atoms with Crippen molar-refractivity contribution < 1.29 is 0 Å². The first-order chi connectivity index (χ1) is 8.18. The topological polar surface area (TPSA) is 50.9 Å². The van der Waals surface area contributed by atoms with Gasteiger partial charge in [-0.05, 0) is 30.4 Å². The fourth-order valence-electron chi connectivity index (χ4n) is 2.05. The Morgan fingerprint density at radius 2 is 2.18 bits per heavy atom. The van der Waals surface area contributed by atoms with Crippen LogP contribution in [0.15, 0.2) is 30.6 Å². The molecule has 0 aliphatic heterocycles. The molecule has 2 aromatic rings. The van der Waals surface area contributed by atoms with Crippen LogP contribution < -0.4 is 11.1 Å². The van der Waals surface area contributed by atoms with Crippen molar-refractivity contribution in [2.45, 2.75) is 19.8 Å². The number of nitrogen functional groups attached to an aromatic ring is 1. The Morgan fingerprint density at radius 3 is 2.94 bits per heavy atom. The average molecular weight is 227 g/mol. The summed E-state index contributed by atoms with van der Waals surface area (Å²) in [5, 5.41) is 5.63. The fourth-order valence-corrected chi connectivity index (χ4v) is 2.05. The van der Waals surface area contributed by atoms with E-state index >= 15 is 0 Å². The van der Waals surface area contributed by atoms with Crippen LogP contribution in [0.3, 0.4) is 0 Å². The highest BCUT2D eigenvalue weighted by Gasteiger charge is 2.36. The average Bonchev–Trinajstić information content (AvgIpc) is 3.07. The number of aromatic nitrogens is 1. The number of hydrogen-bond donors (Lipinski definition) is 2. The molecule has 1 heterocycles. The zero-order valence-corrected chi connectivity index (χ0v) is 10.0. The number of benzene rings is 1. The van der Waals surface area contributed by atoms with Crippen molar-refractivity contribution in [1.82, 2.24) is 4.98 Å². The second-order valence-corrected chi connectivity index (χ2v) is 5.29. The summed E-state index contributed by atoms with van der Waals surface area (Å²) in [6, 6.07) is 6.08. The van der Waals surface area contributed by atoms with Crippen molar-refractivity contribution >= 4 is 22.1 Å². The van der Waals surface area contributed by atoms with Crippen LogP contribution in [0.1, 0.15) is 19.8 Å². The number of anilines is 2. The zero-order valence-electron chi connectivity index (χ0n) is 10.0. The summed E-state index contributed by atoms with van der Waals surface area (Å²) in [6.45, 7) is 3.31. The molecule has 3 heteroatoms. The molecule has 0 unspecified atom stereocenters. The van der Waals surface area contributed by atoms with Crippen molar-refractivity contribution in [3.63, 3.8) is 0 Å². The lowest BCUT2D eigenvalue weighted by Crippen LogP contribution is -2.12. The number of nitrogens with one attached hydrogen (secondary N) is 1. The van der Waals surface area contributed by atoms with Crippen molar-refractivity contribution in [1.29, 1.82) is 0 Å². The summed E-state index contributed by atoms with van der Waals surface area (Å²) in [4.78, 5) is 4.10. The molecular formula is C14H17N3. The van der Waals surface area contributed by atoms with Gasteiger partial charge in [-0.25, -0.2) is 0 Å². The Kier molecular flexibility index (Phi) is 2.21. The first-order valence-electron chi connectivity index (χ1n) is 6.04. The minimum absolute atomic E-state index is 0.486. The van der Waals surface area contributed by atoms with Crippen LogP contribution in [0.2, 0.25) is 0 Å². The minimum atomic E-state index is 0.486. The molecule has 1 aromatic heterocycles. The molecule has 0 radical (unpaired) electrons. The Balaban J connectivity index is 1.91. The third-order valence-electron chi connectivity index (χ3n) is 3.67. The van der Waals surface area contributed by atoms with Crippen LogP contribution in [0.4, 0.5) is 11.4 Å². The molecule has 1 aromatic carbocycles. The first kappa shape index (κ1) is 10.4. The van der Waals surface area contributed by atoms with E-state index in [-0.39, 0.29) is 0 Å². The highest BCUT2D eigenvalue weighted by molar-refractivity contribution is 5.98. The van der Waals surface area contributed by atoms with Gasteiger partial charge in [0, 0.05) is 29.7 Å². The lowest BCUT2D eigenvalue weighted by Gasteiger charge is -2.14. The summed E-state index contributed by atoms with van der Waals surface area (Å²) in [7, 11) is 0. The van der Waals surface area contributed by atoms with Crippen LogP contribution in [-0.4, -0.2) is 11.5 Å². The standard InChI is InChI=1S/C14H17N3/c1-14(5-6-14)9-17-12-3-2-10-8-16-7-4-11(10)13(12)15/h2-4,7-8,17H,5-6,9,15H2,1H3. The second-order valence-electron chi connectivity index (χ2n) is 5.29.